The highest BCUT2D eigenvalue weighted by Gasteiger charge is 2.37. The molecule has 1 fully saturated rings. The van der Waals surface area contributed by atoms with E-state index >= 15 is 0 Å². The molecule has 15 heavy (non-hydrogen) atoms. The third-order valence-corrected chi connectivity index (χ3v) is 2.98. The van der Waals surface area contributed by atoms with E-state index in [0.717, 1.165) is 30.1 Å². The summed E-state index contributed by atoms with van der Waals surface area (Å²) in [6.45, 7) is 2.91. The Labute approximate surface area is 90.0 Å². The zero-order valence-corrected chi connectivity index (χ0v) is 9.37. The summed E-state index contributed by atoms with van der Waals surface area (Å²) in [5.41, 5.74) is 0.912. The molecule has 0 amide bonds. The molecule has 3 heteroatoms. The lowest BCUT2D eigenvalue weighted by Crippen LogP contribution is -2.37. The number of benzene rings is 1. The van der Waals surface area contributed by atoms with Gasteiger partial charge in [0.05, 0.1) is 26.4 Å². The van der Waals surface area contributed by atoms with Gasteiger partial charge in [-0.15, -0.1) is 0 Å². The summed E-state index contributed by atoms with van der Waals surface area (Å²) in [5, 5.41) is 0. The Morgan fingerprint density at radius 2 is 2.00 bits per heavy atom. The van der Waals surface area contributed by atoms with Crippen LogP contribution in [0, 0.1) is 0 Å². The van der Waals surface area contributed by atoms with Crippen molar-refractivity contribution in [3.63, 3.8) is 0 Å². The van der Waals surface area contributed by atoms with Gasteiger partial charge in [-0.05, 0) is 19.1 Å². The normalized spacial score (nSPS) is 24.5. The van der Waals surface area contributed by atoms with E-state index in [1.807, 2.05) is 18.2 Å². The number of hydrogen-bond acceptors (Lipinski definition) is 3. The third kappa shape index (κ3) is 1.67. The average molecular weight is 208 g/mol. The van der Waals surface area contributed by atoms with E-state index in [-0.39, 0.29) is 5.60 Å². The van der Waals surface area contributed by atoms with Crippen LogP contribution in [-0.4, -0.2) is 20.8 Å². The summed E-state index contributed by atoms with van der Waals surface area (Å²) in [6, 6.07) is 5.84. The van der Waals surface area contributed by atoms with Crippen LogP contribution in [0.15, 0.2) is 18.2 Å². The van der Waals surface area contributed by atoms with Gasteiger partial charge in [-0.1, -0.05) is 0 Å². The van der Waals surface area contributed by atoms with Gasteiger partial charge in [0.2, 0.25) is 0 Å². The molecule has 1 aromatic rings. The largest absolute Gasteiger partial charge is 0.497 e. The molecule has 1 aromatic carbocycles. The second-order valence-electron chi connectivity index (χ2n) is 3.90. The first-order valence-corrected chi connectivity index (χ1v) is 5.06. The number of hydrogen-bond donors (Lipinski definition) is 0. The van der Waals surface area contributed by atoms with Crippen LogP contribution in [0.3, 0.4) is 0 Å². The molecule has 0 N–H and O–H groups in total. The molecule has 1 aliphatic heterocycles. The Morgan fingerprint density at radius 3 is 2.47 bits per heavy atom. The molecular formula is C12H16O3. The van der Waals surface area contributed by atoms with Crippen molar-refractivity contribution in [2.24, 2.45) is 0 Å². The van der Waals surface area contributed by atoms with Gasteiger partial charge in [-0.2, -0.15) is 0 Å². The van der Waals surface area contributed by atoms with Gasteiger partial charge in [0.25, 0.3) is 0 Å². The van der Waals surface area contributed by atoms with E-state index in [0.29, 0.717) is 0 Å². The highest BCUT2D eigenvalue weighted by atomic mass is 16.5. The molecule has 82 valence electrons. The molecule has 1 saturated heterocycles. The first-order chi connectivity index (χ1) is 7.19. The average Bonchev–Trinajstić information content (AvgIpc) is 2.25. The molecule has 0 bridgehead atoms. The summed E-state index contributed by atoms with van der Waals surface area (Å²) >= 11 is 0. The van der Waals surface area contributed by atoms with E-state index in [1.165, 1.54) is 0 Å². The molecule has 0 saturated carbocycles. The van der Waals surface area contributed by atoms with Crippen LogP contribution in [0.25, 0.3) is 0 Å². The van der Waals surface area contributed by atoms with E-state index in [1.54, 1.807) is 14.2 Å². The predicted octanol–water partition coefficient (Wildman–Crippen LogP) is 2.34. The van der Waals surface area contributed by atoms with Crippen LogP contribution in [0.4, 0.5) is 0 Å². The first kappa shape index (κ1) is 10.3. The molecule has 1 unspecified atom stereocenters. The van der Waals surface area contributed by atoms with Crippen LogP contribution in [0.5, 0.6) is 11.5 Å². The fraction of sp³-hybridized carbons (Fsp3) is 0.500. The quantitative estimate of drug-likeness (QED) is 0.763. The lowest BCUT2D eigenvalue weighted by atomic mass is 9.88. The highest BCUT2D eigenvalue weighted by molar-refractivity contribution is 5.44. The zero-order valence-electron chi connectivity index (χ0n) is 9.37. The van der Waals surface area contributed by atoms with Crippen LogP contribution >= 0.6 is 0 Å². The Hall–Kier alpha value is -1.22. The highest BCUT2D eigenvalue weighted by Crippen LogP contribution is 2.42. The van der Waals surface area contributed by atoms with Gasteiger partial charge in [-0.25, -0.2) is 0 Å². The van der Waals surface area contributed by atoms with Crippen LogP contribution < -0.4 is 9.47 Å². The lowest BCUT2D eigenvalue weighted by molar-refractivity contribution is -0.141. The van der Waals surface area contributed by atoms with Gasteiger partial charge in [0, 0.05) is 18.1 Å². The zero-order chi connectivity index (χ0) is 10.9. The minimum Gasteiger partial charge on any atom is -0.497 e. The Morgan fingerprint density at radius 1 is 1.27 bits per heavy atom. The predicted molar refractivity (Wildman–Crippen MR) is 57.5 cm³/mol. The first-order valence-electron chi connectivity index (χ1n) is 5.06. The maximum atomic E-state index is 5.60. The van der Waals surface area contributed by atoms with Gasteiger partial charge in [0.15, 0.2) is 0 Å². The summed E-state index contributed by atoms with van der Waals surface area (Å²) in [5.74, 6) is 1.63. The van der Waals surface area contributed by atoms with Crippen LogP contribution in [0.2, 0.25) is 0 Å². The fourth-order valence-corrected chi connectivity index (χ4v) is 1.86. The molecule has 3 nitrogen and oxygen atoms in total. The number of methoxy groups -OCH3 is 2. The smallest absolute Gasteiger partial charge is 0.128 e. The van der Waals surface area contributed by atoms with Gasteiger partial charge >= 0.3 is 0 Å². The molecule has 0 aromatic heterocycles. The van der Waals surface area contributed by atoms with E-state index in [4.69, 9.17) is 14.2 Å². The van der Waals surface area contributed by atoms with Crippen molar-refractivity contribution in [2.45, 2.75) is 18.9 Å². The standard InChI is InChI=1S/C12H16O3/c1-12(6-7-15-12)10-5-4-9(13-2)8-11(10)14-3/h4-5,8H,6-7H2,1-3H3. The maximum Gasteiger partial charge on any atom is 0.128 e. The second kappa shape index (κ2) is 3.74. The molecule has 1 atom stereocenters. The SMILES string of the molecule is COc1ccc(C2(C)CCO2)c(OC)c1. The second-order valence-corrected chi connectivity index (χ2v) is 3.90. The lowest BCUT2D eigenvalue weighted by Gasteiger charge is -2.39. The van der Waals surface area contributed by atoms with E-state index < -0.39 is 0 Å². The van der Waals surface area contributed by atoms with Crippen molar-refractivity contribution >= 4 is 0 Å². The molecule has 0 radical (unpaired) electrons. The van der Waals surface area contributed by atoms with Crippen molar-refractivity contribution in [3.8, 4) is 11.5 Å². The van der Waals surface area contributed by atoms with Crippen molar-refractivity contribution in [1.29, 1.82) is 0 Å². The van der Waals surface area contributed by atoms with Gasteiger partial charge in [-0.3, -0.25) is 0 Å². The summed E-state index contributed by atoms with van der Waals surface area (Å²) < 4.78 is 16.1. The van der Waals surface area contributed by atoms with Crippen molar-refractivity contribution in [2.75, 3.05) is 20.8 Å². The Bertz CT molecular complexity index is 356. The molecule has 0 aliphatic carbocycles. The molecule has 1 aliphatic rings. The van der Waals surface area contributed by atoms with Crippen LogP contribution in [-0.2, 0) is 10.3 Å². The summed E-state index contributed by atoms with van der Waals surface area (Å²) in [7, 11) is 3.32. The van der Waals surface area contributed by atoms with Crippen LogP contribution in [0.1, 0.15) is 18.9 Å². The maximum absolute atomic E-state index is 5.60. The minimum atomic E-state index is -0.183. The van der Waals surface area contributed by atoms with Crippen molar-refractivity contribution in [3.05, 3.63) is 23.8 Å². The number of ether oxygens (including phenoxy) is 3. The van der Waals surface area contributed by atoms with Crippen molar-refractivity contribution < 1.29 is 14.2 Å². The summed E-state index contributed by atoms with van der Waals surface area (Å²) in [6.07, 6.45) is 1.04. The Balaban J connectivity index is 2.38. The van der Waals surface area contributed by atoms with Gasteiger partial charge in [0.1, 0.15) is 11.5 Å². The molecule has 1 heterocycles. The Kier molecular flexibility index (Phi) is 2.57. The monoisotopic (exact) mass is 208 g/mol. The summed E-state index contributed by atoms with van der Waals surface area (Å²) in [4.78, 5) is 0. The molecular weight excluding hydrogens is 192 g/mol. The topological polar surface area (TPSA) is 27.7 Å². The van der Waals surface area contributed by atoms with Crippen molar-refractivity contribution in [1.82, 2.24) is 0 Å². The molecule has 2 rings (SSSR count). The third-order valence-electron chi connectivity index (χ3n) is 2.98. The molecule has 0 spiro atoms. The van der Waals surface area contributed by atoms with E-state index in [9.17, 15) is 0 Å². The van der Waals surface area contributed by atoms with Gasteiger partial charge < -0.3 is 14.2 Å². The van der Waals surface area contributed by atoms with E-state index in [2.05, 4.69) is 6.92 Å². The minimum absolute atomic E-state index is 0.183. The number of rotatable bonds is 3. The fourth-order valence-electron chi connectivity index (χ4n) is 1.86.